The summed E-state index contributed by atoms with van der Waals surface area (Å²) in [6.07, 6.45) is 0.543. The Morgan fingerprint density at radius 3 is 2.40 bits per heavy atom. The van der Waals surface area contributed by atoms with Gasteiger partial charge in [-0.1, -0.05) is 12.1 Å². The molecule has 1 saturated heterocycles. The summed E-state index contributed by atoms with van der Waals surface area (Å²) >= 11 is 0. The van der Waals surface area contributed by atoms with E-state index in [-0.39, 0.29) is 12.2 Å². The van der Waals surface area contributed by atoms with Gasteiger partial charge < -0.3 is 15.4 Å². The van der Waals surface area contributed by atoms with Gasteiger partial charge in [0, 0.05) is 13.1 Å². The van der Waals surface area contributed by atoms with E-state index in [0.717, 1.165) is 24.5 Å². The number of para-hydroxylation sites is 2. The first-order chi connectivity index (χ1) is 7.16. The van der Waals surface area contributed by atoms with Crippen LogP contribution in [0.1, 0.15) is 13.8 Å². The van der Waals surface area contributed by atoms with Crippen molar-refractivity contribution < 1.29 is 4.74 Å². The molecule has 1 aromatic rings. The molecule has 0 amide bonds. The van der Waals surface area contributed by atoms with Crippen molar-refractivity contribution >= 4 is 11.4 Å². The first kappa shape index (κ1) is 10.3. The Morgan fingerprint density at radius 1 is 1.20 bits per heavy atom. The van der Waals surface area contributed by atoms with Crippen LogP contribution in [-0.4, -0.2) is 25.3 Å². The number of nitrogens with zero attached hydrogens (tertiary/aromatic N) is 1. The molecule has 82 valence electrons. The summed E-state index contributed by atoms with van der Waals surface area (Å²) in [6, 6.07) is 8.00. The maximum atomic E-state index is 5.96. The zero-order valence-electron chi connectivity index (χ0n) is 9.31. The van der Waals surface area contributed by atoms with E-state index in [2.05, 4.69) is 24.8 Å². The summed E-state index contributed by atoms with van der Waals surface area (Å²) < 4.78 is 5.70. The summed E-state index contributed by atoms with van der Waals surface area (Å²) in [6.45, 7) is 6.03. The third-order valence-corrected chi connectivity index (χ3v) is 2.70. The second-order valence-corrected chi connectivity index (χ2v) is 4.22. The Balaban J connectivity index is 2.20. The number of nitrogen functional groups attached to an aromatic ring is 1. The van der Waals surface area contributed by atoms with Crippen molar-refractivity contribution in [3.05, 3.63) is 24.3 Å². The molecule has 1 fully saturated rings. The molecule has 0 bridgehead atoms. The van der Waals surface area contributed by atoms with Gasteiger partial charge in [-0.3, -0.25) is 0 Å². The second kappa shape index (κ2) is 4.11. The number of hydrogen-bond donors (Lipinski definition) is 1. The maximum Gasteiger partial charge on any atom is 0.0726 e. The predicted octanol–water partition coefficient (Wildman–Crippen LogP) is 1.88. The van der Waals surface area contributed by atoms with Gasteiger partial charge in [0.05, 0.1) is 23.6 Å². The van der Waals surface area contributed by atoms with Gasteiger partial charge in [0.1, 0.15) is 0 Å². The van der Waals surface area contributed by atoms with E-state index in [1.54, 1.807) is 0 Å². The molecule has 0 saturated carbocycles. The lowest BCUT2D eigenvalue weighted by Crippen LogP contribution is -2.45. The quantitative estimate of drug-likeness (QED) is 0.713. The fourth-order valence-electron chi connectivity index (χ4n) is 2.15. The lowest BCUT2D eigenvalue weighted by Gasteiger charge is -2.37. The molecule has 0 radical (unpaired) electrons. The highest BCUT2D eigenvalue weighted by atomic mass is 16.5. The van der Waals surface area contributed by atoms with Gasteiger partial charge in [-0.25, -0.2) is 0 Å². The average Bonchev–Trinajstić information content (AvgIpc) is 2.16. The van der Waals surface area contributed by atoms with E-state index < -0.39 is 0 Å². The molecule has 1 aromatic carbocycles. The van der Waals surface area contributed by atoms with E-state index >= 15 is 0 Å². The number of morpholine rings is 1. The first-order valence-electron chi connectivity index (χ1n) is 5.41. The van der Waals surface area contributed by atoms with Gasteiger partial charge in [-0.05, 0) is 26.0 Å². The summed E-state index contributed by atoms with van der Waals surface area (Å²) in [5.41, 5.74) is 7.93. The highest BCUT2D eigenvalue weighted by molar-refractivity contribution is 5.67. The fraction of sp³-hybridized carbons (Fsp3) is 0.500. The molecular formula is C12H18N2O. The number of nitrogens with two attached hydrogens (primary N) is 1. The van der Waals surface area contributed by atoms with Crippen LogP contribution in [0.15, 0.2) is 24.3 Å². The summed E-state index contributed by atoms with van der Waals surface area (Å²) in [4.78, 5) is 2.30. The second-order valence-electron chi connectivity index (χ2n) is 4.22. The highest BCUT2D eigenvalue weighted by Crippen LogP contribution is 2.25. The van der Waals surface area contributed by atoms with Crippen LogP contribution in [0.5, 0.6) is 0 Å². The van der Waals surface area contributed by atoms with Crippen molar-refractivity contribution in [3.63, 3.8) is 0 Å². The third-order valence-electron chi connectivity index (χ3n) is 2.70. The van der Waals surface area contributed by atoms with Crippen molar-refractivity contribution in [1.29, 1.82) is 0 Å². The van der Waals surface area contributed by atoms with Crippen LogP contribution < -0.4 is 10.6 Å². The number of rotatable bonds is 1. The minimum Gasteiger partial charge on any atom is -0.397 e. The molecule has 3 nitrogen and oxygen atoms in total. The van der Waals surface area contributed by atoms with E-state index in [1.165, 1.54) is 0 Å². The Labute approximate surface area is 90.8 Å². The van der Waals surface area contributed by atoms with Crippen LogP contribution in [0.2, 0.25) is 0 Å². The van der Waals surface area contributed by atoms with Crippen LogP contribution in [0.4, 0.5) is 11.4 Å². The summed E-state index contributed by atoms with van der Waals surface area (Å²) in [5, 5.41) is 0. The Kier molecular flexibility index (Phi) is 2.82. The van der Waals surface area contributed by atoms with Crippen molar-refractivity contribution in [3.8, 4) is 0 Å². The molecule has 0 aromatic heterocycles. The maximum absolute atomic E-state index is 5.96. The van der Waals surface area contributed by atoms with Crippen LogP contribution in [0, 0.1) is 0 Å². The molecule has 2 rings (SSSR count). The SMILES string of the molecule is C[C@@H]1CN(c2ccccc2N)C[C@H](C)O1. The van der Waals surface area contributed by atoms with Crippen molar-refractivity contribution in [1.82, 2.24) is 0 Å². The standard InChI is InChI=1S/C12H18N2O/c1-9-7-14(8-10(2)15-9)12-6-4-3-5-11(12)13/h3-6,9-10H,7-8,13H2,1-2H3/t9-,10+. The zero-order chi connectivity index (χ0) is 10.8. The smallest absolute Gasteiger partial charge is 0.0726 e. The zero-order valence-corrected chi connectivity index (χ0v) is 9.31. The normalized spacial score (nSPS) is 26.7. The minimum absolute atomic E-state index is 0.272. The van der Waals surface area contributed by atoms with Crippen LogP contribution >= 0.6 is 0 Å². The van der Waals surface area contributed by atoms with Crippen molar-refractivity contribution in [2.24, 2.45) is 0 Å². The van der Waals surface area contributed by atoms with Gasteiger partial charge in [-0.15, -0.1) is 0 Å². The van der Waals surface area contributed by atoms with E-state index in [0.29, 0.717) is 0 Å². The van der Waals surface area contributed by atoms with Gasteiger partial charge in [-0.2, -0.15) is 0 Å². The number of hydrogen-bond acceptors (Lipinski definition) is 3. The van der Waals surface area contributed by atoms with E-state index in [4.69, 9.17) is 10.5 Å². The van der Waals surface area contributed by atoms with Gasteiger partial charge in [0.25, 0.3) is 0 Å². The topological polar surface area (TPSA) is 38.5 Å². The summed E-state index contributed by atoms with van der Waals surface area (Å²) in [5.74, 6) is 0. The molecule has 3 heteroatoms. The van der Waals surface area contributed by atoms with Crippen LogP contribution in [0.3, 0.4) is 0 Å². The molecule has 0 unspecified atom stereocenters. The molecule has 2 N–H and O–H groups in total. The minimum atomic E-state index is 0.272. The molecule has 1 aliphatic rings. The Hall–Kier alpha value is -1.22. The van der Waals surface area contributed by atoms with Gasteiger partial charge in [0.2, 0.25) is 0 Å². The number of ether oxygens (including phenoxy) is 1. The molecule has 2 atom stereocenters. The largest absolute Gasteiger partial charge is 0.397 e. The van der Waals surface area contributed by atoms with E-state index in [1.807, 2.05) is 18.2 Å². The molecule has 0 spiro atoms. The molecule has 15 heavy (non-hydrogen) atoms. The fourth-order valence-corrected chi connectivity index (χ4v) is 2.15. The monoisotopic (exact) mass is 206 g/mol. The average molecular weight is 206 g/mol. The Morgan fingerprint density at radius 2 is 1.80 bits per heavy atom. The highest BCUT2D eigenvalue weighted by Gasteiger charge is 2.23. The lowest BCUT2D eigenvalue weighted by molar-refractivity contribution is -0.00517. The molecule has 1 aliphatic heterocycles. The number of anilines is 2. The van der Waals surface area contributed by atoms with Gasteiger partial charge >= 0.3 is 0 Å². The molecule has 0 aliphatic carbocycles. The first-order valence-corrected chi connectivity index (χ1v) is 5.41. The summed E-state index contributed by atoms with van der Waals surface area (Å²) in [7, 11) is 0. The van der Waals surface area contributed by atoms with Crippen LogP contribution in [0.25, 0.3) is 0 Å². The molecular weight excluding hydrogens is 188 g/mol. The van der Waals surface area contributed by atoms with Crippen LogP contribution in [-0.2, 0) is 4.74 Å². The molecule has 1 heterocycles. The predicted molar refractivity (Wildman–Crippen MR) is 63.1 cm³/mol. The van der Waals surface area contributed by atoms with Crippen molar-refractivity contribution in [2.75, 3.05) is 23.7 Å². The van der Waals surface area contributed by atoms with Gasteiger partial charge in [0.15, 0.2) is 0 Å². The lowest BCUT2D eigenvalue weighted by atomic mass is 10.2. The number of benzene rings is 1. The van der Waals surface area contributed by atoms with E-state index in [9.17, 15) is 0 Å². The van der Waals surface area contributed by atoms with Crippen molar-refractivity contribution in [2.45, 2.75) is 26.1 Å². The Bertz CT molecular complexity index is 330. The third kappa shape index (κ3) is 2.23.